The quantitative estimate of drug-likeness (QED) is 0.294. The van der Waals surface area contributed by atoms with Crippen LogP contribution in [0.1, 0.15) is 21.5 Å². The number of aromatic nitrogens is 3. The predicted molar refractivity (Wildman–Crippen MR) is 114 cm³/mol. The lowest BCUT2D eigenvalue weighted by Crippen LogP contribution is -2.05. The second kappa shape index (κ2) is 8.00. The van der Waals surface area contributed by atoms with Gasteiger partial charge < -0.3 is 10.7 Å². The van der Waals surface area contributed by atoms with Crippen LogP contribution in [0.15, 0.2) is 60.9 Å². The van der Waals surface area contributed by atoms with Crippen LogP contribution in [0.4, 0.5) is 10.1 Å². The van der Waals surface area contributed by atoms with E-state index in [1.165, 1.54) is 54.7 Å². The highest BCUT2D eigenvalue weighted by Gasteiger charge is 2.16. The number of benzene rings is 2. The number of aromatic amines is 1. The number of hydrogen-bond donors (Lipinski definition) is 2. The Morgan fingerprint density at radius 1 is 1.16 bits per heavy atom. The Balaban J connectivity index is 1.68. The lowest BCUT2D eigenvalue weighted by Gasteiger charge is -2.06. The van der Waals surface area contributed by atoms with Gasteiger partial charge in [-0.2, -0.15) is 0 Å². The van der Waals surface area contributed by atoms with Gasteiger partial charge in [0.05, 0.1) is 24.0 Å². The van der Waals surface area contributed by atoms with E-state index >= 15 is 0 Å². The molecule has 0 fully saturated rings. The number of H-pyrrole nitrogens is 1. The Bertz CT molecular complexity index is 1400. The number of nitrogens with two attached hydrogens (primary N) is 1. The summed E-state index contributed by atoms with van der Waals surface area (Å²) < 4.78 is 14.8. The highest BCUT2D eigenvalue weighted by molar-refractivity contribution is 6.09. The van der Waals surface area contributed by atoms with Crippen molar-refractivity contribution in [2.75, 3.05) is 0 Å². The molecule has 2 aromatic heterocycles. The van der Waals surface area contributed by atoms with Gasteiger partial charge in [-0.05, 0) is 18.2 Å². The van der Waals surface area contributed by atoms with Crippen LogP contribution in [-0.4, -0.2) is 26.6 Å². The van der Waals surface area contributed by atoms with Gasteiger partial charge in [0.25, 0.3) is 0 Å². The number of rotatable bonds is 5. The number of halogens is 1. The first-order valence-corrected chi connectivity index (χ1v) is 9.10. The Morgan fingerprint density at radius 3 is 2.61 bits per heavy atom. The molecule has 0 spiro atoms. The molecule has 0 saturated heterocycles. The van der Waals surface area contributed by atoms with Gasteiger partial charge in [0.1, 0.15) is 11.3 Å². The maximum atomic E-state index is 14.8. The molecule has 4 aromatic rings. The number of primary amides is 1. The number of carbonyl (C=O) groups is 2. The molecule has 0 bridgehead atoms. The molecule has 0 saturated carbocycles. The minimum atomic E-state index is -0.693. The largest absolute Gasteiger partial charge is 0.366 e. The monoisotopic (exact) mass is 411 g/mol. The topological polar surface area (TPSA) is 106 Å². The summed E-state index contributed by atoms with van der Waals surface area (Å²) in [4.78, 5) is 38.6. The van der Waals surface area contributed by atoms with Gasteiger partial charge in [-0.25, -0.2) is 19.2 Å². The van der Waals surface area contributed by atoms with E-state index in [1.54, 1.807) is 12.3 Å². The van der Waals surface area contributed by atoms with E-state index in [0.29, 0.717) is 39.2 Å². The number of fused-ring (bicyclic) bond motifs is 1. The summed E-state index contributed by atoms with van der Waals surface area (Å²) in [5.41, 5.74) is 8.19. The minimum Gasteiger partial charge on any atom is -0.366 e. The van der Waals surface area contributed by atoms with Gasteiger partial charge in [-0.1, -0.05) is 30.3 Å². The SMILES string of the molecule is [C-]#[N+]c1ccc(C(=O)c2ccc(-c3cnc4[nH]cc(/C=C/C(N)=O)c4n3)cc2F)cc1. The number of hydrogen-bond acceptors (Lipinski definition) is 4. The van der Waals surface area contributed by atoms with Gasteiger partial charge in [0.15, 0.2) is 17.1 Å². The molecule has 150 valence electrons. The summed E-state index contributed by atoms with van der Waals surface area (Å²) in [6.07, 6.45) is 5.85. The van der Waals surface area contributed by atoms with Crippen LogP contribution in [0.5, 0.6) is 0 Å². The lowest BCUT2D eigenvalue weighted by molar-refractivity contribution is -0.113. The highest BCUT2D eigenvalue weighted by Crippen LogP contribution is 2.25. The summed E-state index contributed by atoms with van der Waals surface area (Å²) in [5.74, 6) is -1.77. The Hall–Kier alpha value is -4.64. The Kier molecular flexibility index (Phi) is 5.08. The third-order valence-corrected chi connectivity index (χ3v) is 4.61. The van der Waals surface area contributed by atoms with Crippen molar-refractivity contribution in [3.8, 4) is 11.3 Å². The van der Waals surface area contributed by atoms with Gasteiger partial charge in [-0.15, -0.1) is 0 Å². The fourth-order valence-corrected chi connectivity index (χ4v) is 3.05. The number of carbonyl (C=O) groups excluding carboxylic acids is 2. The highest BCUT2D eigenvalue weighted by atomic mass is 19.1. The van der Waals surface area contributed by atoms with Gasteiger partial charge >= 0.3 is 0 Å². The van der Waals surface area contributed by atoms with Crippen molar-refractivity contribution in [1.82, 2.24) is 15.0 Å². The van der Waals surface area contributed by atoms with Crippen molar-refractivity contribution in [2.45, 2.75) is 0 Å². The maximum Gasteiger partial charge on any atom is 0.241 e. The molecule has 0 radical (unpaired) electrons. The summed E-state index contributed by atoms with van der Waals surface area (Å²) in [6.45, 7) is 6.96. The summed E-state index contributed by atoms with van der Waals surface area (Å²) in [5, 5.41) is 0. The van der Waals surface area contributed by atoms with Gasteiger partial charge in [0.2, 0.25) is 5.91 Å². The smallest absolute Gasteiger partial charge is 0.241 e. The maximum absolute atomic E-state index is 14.8. The van der Waals surface area contributed by atoms with Crippen molar-refractivity contribution in [2.24, 2.45) is 5.73 Å². The van der Waals surface area contributed by atoms with Crippen molar-refractivity contribution >= 4 is 34.6 Å². The van der Waals surface area contributed by atoms with E-state index in [4.69, 9.17) is 12.3 Å². The zero-order valence-corrected chi connectivity index (χ0v) is 16.0. The molecule has 4 rings (SSSR count). The molecule has 31 heavy (non-hydrogen) atoms. The number of amides is 1. The molecule has 2 heterocycles. The van der Waals surface area contributed by atoms with Crippen LogP contribution < -0.4 is 5.73 Å². The second-order valence-electron chi connectivity index (χ2n) is 6.61. The van der Waals surface area contributed by atoms with Crippen molar-refractivity contribution in [3.63, 3.8) is 0 Å². The third-order valence-electron chi connectivity index (χ3n) is 4.61. The molecule has 7 nitrogen and oxygen atoms in total. The van der Waals surface area contributed by atoms with Crippen LogP contribution in [0.2, 0.25) is 0 Å². The standard InChI is InChI=1S/C23H14FN5O2/c1-26-16-6-2-13(3-7-16)22(31)17-8-4-14(10-18(17)24)19-12-28-23-21(29-19)15(11-27-23)5-9-20(25)30/h2-12H,(H2,25,30)(H,27,28)/b9-5+. The minimum absolute atomic E-state index is 0.0833. The van der Waals surface area contributed by atoms with E-state index in [1.807, 2.05) is 0 Å². The summed E-state index contributed by atoms with van der Waals surface area (Å²) in [7, 11) is 0. The fourth-order valence-electron chi connectivity index (χ4n) is 3.05. The van der Waals surface area contributed by atoms with Gasteiger partial charge in [0, 0.05) is 29.0 Å². The molecular weight excluding hydrogens is 397 g/mol. The van der Waals surface area contributed by atoms with Gasteiger partial charge in [-0.3, -0.25) is 9.59 Å². The molecule has 3 N–H and O–H groups in total. The van der Waals surface area contributed by atoms with Crippen LogP contribution in [-0.2, 0) is 4.79 Å². The van der Waals surface area contributed by atoms with E-state index in [0.717, 1.165) is 0 Å². The zero-order valence-electron chi connectivity index (χ0n) is 16.0. The van der Waals surface area contributed by atoms with Crippen LogP contribution in [0.25, 0.3) is 33.3 Å². The fraction of sp³-hybridized carbons (Fsp3) is 0. The molecule has 2 aromatic carbocycles. The predicted octanol–water partition coefficient (Wildman–Crippen LogP) is 4.04. The van der Waals surface area contributed by atoms with E-state index in [-0.39, 0.29) is 5.56 Å². The van der Waals surface area contributed by atoms with Crippen LogP contribution in [0.3, 0.4) is 0 Å². The van der Waals surface area contributed by atoms with Crippen molar-refractivity contribution < 1.29 is 14.0 Å². The van der Waals surface area contributed by atoms with Crippen LogP contribution in [0, 0.1) is 12.4 Å². The van der Waals surface area contributed by atoms with E-state index in [9.17, 15) is 14.0 Å². The molecular formula is C23H14FN5O2. The average molecular weight is 411 g/mol. The third kappa shape index (κ3) is 3.93. The number of ketones is 1. The molecule has 0 aliphatic heterocycles. The Morgan fingerprint density at radius 2 is 1.94 bits per heavy atom. The average Bonchev–Trinajstić information content (AvgIpc) is 3.19. The first kappa shape index (κ1) is 19.7. The summed E-state index contributed by atoms with van der Waals surface area (Å²) >= 11 is 0. The molecule has 0 aliphatic rings. The normalized spacial score (nSPS) is 11.0. The molecule has 0 unspecified atom stereocenters. The van der Waals surface area contributed by atoms with Crippen molar-refractivity contribution in [3.05, 3.63) is 94.9 Å². The molecule has 0 aliphatic carbocycles. The number of nitrogens with one attached hydrogen (secondary N) is 1. The van der Waals surface area contributed by atoms with E-state index < -0.39 is 17.5 Å². The molecule has 8 heteroatoms. The van der Waals surface area contributed by atoms with Crippen molar-refractivity contribution in [1.29, 1.82) is 0 Å². The zero-order chi connectivity index (χ0) is 22.0. The summed E-state index contributed by atoms with van der Waals surface area (Å²) in [6, 6.07) is 10.2. The second-order valence-corrected chi connectivity index (χ2v) is 6.61. The lowest BCUT2D eigenvalue weighted by atomic mass is 10.0. The Labute approximate surface area is 175 Å². The van der Waals surface area contributed by atoms with E-state index in [2.05, 4.69) is 19.8 Å². The van der Waals surface area contributed by atoms with Crippen LogP contribution >= 0.6 is 0 Å². The first-order chi connectivity index (χ1) is 15.0. The number of nitrogens with zero attached hydrogens (tertiary/aromatic N) is 3. The first-order valence-electron chi connectivity index (χ1n) is 9.10. The molecule has 0 atom stereocenters. The molecule has 1 amide bonds.